The number of carbonyl (C=O) groups is 2. The first-order valence-electron chi connectivity index (χ1n) is 19.7. The molecule has 0 aliphatic carbocycles. The number of esters is 2. The van der Waals surface area contributed by atoms with E-state index in [9.17, 15) is 18.4 Å². The van der Waals surface area contributed by atoms with E-state index in [1.807, 2.05) is 68.3 Å². The molecule has 0 unspecified atom stereocenters. The first-order valence-corrected chi connectivity index (χ1v) is 19.7. The first-order chi connectivity index (χ1) is 28.5. The summed E-state index contributed by atoms with van der Waals surface area (Å²) in [5, 5.41) is 4.46. The number of alkyl halides is 2. The fraction of sp³-hybridized carbons (Fsp3) is 0.356. The van der Waals surface area contributed by atoms with Crippen LogP contribution in [0.1, 0.15) is 54.9 Å². The van der Waals surface area contributed by atoms with Gasteiger partial charge in [-0.3, -0.25) is 24.4 Å². The van der Waals surface area contributed by atoms with Gasteiger partial charge in [0.1, 0.15) is 28.4 Å². The van der Waals surface area contributed by atoms with Crippen LogP contribution in [0.4, 0.5) is 20.3 Å². The summed E-state index contributed by atoms with van der Waals surface area (Å²) < 4.78 is 48.5. The van der Waals surface area contributed by atoms with Crippen LogP contribution in [0, 0.1) is 13.8 Å². The fourth-order valence-electron chi connectivity index (χ4n) is 8.66. The van der Waals surface area contributed by atoms with Crippen molar-refractivity contribution in [3.63, 3.8) is 0 Å². The molecule has 2 fully saturated rings. The van der Waals surface area contributed by atoms with E-state index in [1.165, 1.54) is 20.3 Å². The molecule has 8 rings (SSSR count). The summed E-state index contributed by atoms with van der Waals surface area (Å²) >= 11 is 0. The third-order valence-electron chi connectivity index (χ3n) is 11.9. The number of rotatable bonds is 12. The molecule has 59 heavy (non-hydrogen) atoms. The molecule has 1 N–H and O–H groups in total. The van der Waals surface area contributed by atoms with E-state index in [4.69, 9.17) is 28.6 Å². The molecule has 306 valence electrons. The van der Waals surface area contributed by atoms with E-state index in [0.717, 1.165) is 75.8 Å². The number of pyridine rings is 2. The Hall–Kier alpha value is -5.99. The van der Waals surface area contributed by atoms with Crippen LogP contribution < -0.4 is 10.1 Å². The molecule has 2 atom stereocenters. The summed E-state index contributed by atoms with van der Waals surface area (Å²) in [5.74, 6) is 0.353. The second kappa shape index (κ2) is 16.3. The third kappa shape index (κ3) is 7.70. The number of aromatic nitrogens is 3. The fourth-order valence-corrected chi connectivity index (χ4v) is 8.66. The van der Waals surface area contributed by atoms with Gasteiger partial charge in [0.05, 0.1) is 14.2 Å². The largest absolute Gasteiger partial charge is 0.468 e. The highest BCUT2D eigenvalue weighted by molar-refractivity contribution is 5.91. The van der Waals surface area contributed by atoms with E-state index in [1.54, 1.807) is 12.3 Å². The minimum atomic E-state index is -3.05. The van der Waals surface area contributed by atoms with Gasteiger partial charge in [-0.1, -0.05) is 24.3 Å². The van der Waals surface area contributed by atoms with Gasteiger partial charge in [0, 0.05) is 53.8 Å². The number of likely N-dealkylation sites (tertiary alicyclic amines) is 2. The molecular formula is C45H46F2N6O6. The lowest BCUT2D eigenvalue weighted by Crippen LogP contribution is -2.48. The number of benzene rings is 3. The Morgan fingerprint density at radius 1 is 0.949 bits per heavy atom. The van der Waals surface area contributed by atoms with E-state index in [-0.39, 0.29) is 24.2 Å². The van der Waals surface area contributed by atoms with Crippen LogP contribution in [-0.2, 0) is 32.2 Å². The number of nitrogens with zero attached hydrogens (tertiary/aromatic N) is 5. The van der Waals surface area contributed by atoms with E-state index < -0.39 is 18.2 Å². The molecule has 3 aromatic carbocycles. The zero-order valence-corrected chi connectivity index (χ0v) is 33.7. The molecule has 12 nitrogen and oxygen atoms in total. The van der Waals surface area contributed by atoms with Crippen molar-refractivity contribution in [1.82, 2.24) is 24.8 Å². The highest BCUT2D eigenvalue weighted by Gasteiger charge is 2.44. The lowest BCUT2D eigenvalue weighted by molar-refractivity contribution is -0.152. The normalized spacial score (nSPS) is 18.5. The summed E-state index contributed by atoms with van der Waals surface area (Å²) in [6.45, 7) is 5.15. The number of ether oxygens (including phenoxy) is 3. The third-order valence-corrected chi connectivity index (χ3v) is 11.9. The molecule has 0 bridgehead atoms. The van der Waals surface area contributed by atoms with Gasteiger partial charge < -0.3 is 23.9 Å². The van der Waals surface area contributed by atoms with Crippen molar-refractivity contribution in [2.45, 2.75) is 77.7 Å². The van der Waals surface area contributed by atoms with Gasteiger partial charge in [-0.2, -0.15) is 8.78 Å². The van der Waals surface area contributed by atoms with Crippen molar-refractivity contribution >= 4 is 45.4 Å². The number of hydrogen-bond donors (Lipinski definition) is 1. The number of methoxy groups -OCH3 is 2. The molecule has 0 saturated carbocycles. The quantitative estimate of drug-likeness (QED) is 0.119. The zero-order chi connectivity index (χ0) is 41.4. The number of oxazole rings is 1. The van der Waals surface area contributed by atoms with E-state index in [2.05, 4.69) is 27.3 Å². The van der Waals surface area contributed by atoms with E-state index >= 15 is 0 Å². The van der Waals surface area contributed by atoms with Crippen molar-refractivity contribution in [2.75, 3.05) is 32.6 Å². The van der Waals surface area contributed by atoms with Gasteiger partial charge in [0.2, 0.25) is 5.89 Å². The van der Waals surface area contributed by atoms with Crippen LogP contribution >= 0.6 is 0 Å². The lowest BCUT2D eigenvalue weighted by atomic mass is 9.93. The predicted octanol–water partition coefficient (Wildman–Crippen LogP) is 8.73. The highest BCUT2D eigenvalue weighted by atomic mass is 19.3. The van der Waals surface area contributed by atoms with Crippen molar-refractivity contribution in [1.29, 1.82) is 0 Å². The van der Waals surface area contributed by atoms with Crippen LogP contribution in [-0.4, -0.2) is 82.2 Å². The Balaban J connectivity index is 1.07. The smallest absolute Gasteiger partial charge is 0.387 e. The number of hydrogen-bond acceptors (Lipinski definition) is 12. The summed E-state index contributed by atoms with van der Waals surface area (Å²) in [4.78, 5) is 43.4. The Bertz CT molecular complexity index is 2560. The highest BCUT2D eigenvalue weighted by Crippen LogP contribution is 2.39. The van der Waals surface area contributed by atoms with Crippen LogP contribution in [0.5, 0.6) is 5.75 Å². The van der Waals surface area contributed by atoms with Gasteiger partial charge >= 0.3 is 18.6 Å². The molecular weight excluding hydrogens is 759 g/mol. The molecule has 0 amide bonds. The molecule has 5 heterocycles. The van der Waals surface area contributed by atoms with Crippen molar-refractivity contribution in [3.8, 4) is 28.3 Å². The summed E-state index contributed by atoms with van der Waals surface area (Å²) in [5.41, 5.74) is 7.78. The summed E-state index contributed by atoms with van der Waals surface area (Å²) in [6, 6.07) is 18.6. The zero-order valence-electron chi connectivity index (χ0n) is 33.7. The Morgan fingerprint density at radius 2 is 1.73 bits per heavy atom. The van der Waals surface area contributed by atoms with Gasteiger partial charge in [0.25, 0.3) is 0 Å². The Morgan fingerprint density at radius 3 is 2.51 bits per heavy atom. The Kier molecular flexibility index (Phi) is 11.0. The van der Waals surface area contributed by atoms with Gasteiger partial charge in [-0.25, -0.2) is 9.97 Å². The maximum Gasteiger partial charge on any atom is 0.387 e. The van der Waals surface area contributed by atoms with Crippen molar-refractivity contribution < 1.29 is 37.0 Å². The summed E-state index contributed by atoms with van der Waals surface area (Å²) in [7, 11) is 2.78. The molecule has 2 saturated heterocycles. The SMILES string of the molecule is COC(=O)[C@@H]1CCCN1Cc1cc2nc(-c3cccc(-c4cccc(Nc5nccc6cc(CN7CCC[C@@]7(C)C(=O)OC)cnc56)c4C)c3C)oc2cc1OC(F)F. The van der Waals surface area contributed by atoms with Crippen molar-refractivity contribution in [2.24, 2.45) is 0 Å². The maximum atomic E-state index is 13.6. The number of halogens is 2. The molecule has 0 radical (unpaired) electrons. The number of anilines is 2. The van der Waals surface area contributed by atoms with Crippen LogP contribution in [0.25, 0.3) is 44.6 Å². The standard InChI is InChI=1S/C45H46F2N6O6/c1-26-31(10-6-12-33(26)41-51-35-21-30(37(59-44(46)47)22-38(35)58-41)25-52-18-8-14-36(52)42(54)56-4)32-11-7-13-34(27(32)2)50-40-39-29(15-17-48-40)20-28(23-49-39)24-53-19-9-16-45(53,3)43(55)57-5/h6-7,10-13,15,17,20-23,36,44H,8-9,14,16,18-19,24-25H2,1-5H3,(H,48,50)/t36-,45-/m0/s1. The van der Waals surface area contributed by atoms with Crippen LogP contribution in [0.3, 0.4) is 0 Å². The molecule has 6 aromatic rings. The van der Waals surface area contributed by atoms with Crippen molar-refractivity contribution in [3.05, 3.63) is 95.3 Å². The molecule has 3 aromatic heterocycles. The molecule has 2 aliphatic rings. The average molecular weight is 805 g/mol. The number of nitrogens with one attached hydrogen (secondary N) is 1. The second-order valence-corrected chi connectivity index (χ2v) is 15.4. The second-order valence-electron chi connectivity index (χ2n) is 15.4. The lowest BCUT2D eigenvalue weighted by Gasteiger charge is -2.32. The maximum absolute atomic E-state index is 13.6. The van der Waals surface area contributed by atoms with Gasteiger partial charge in [-0.15, -0.1) is 0 Å². The minimum Gasteiger partial charge on any atom is -0.468 e. The number of fused-ring (bicyclic) bond motifs is 2. The average Bonchev–Trinajstić information content (AvgIpc) is 3.97. The molecule has 0 spiro atoms. The van der Waals surface area contributed by atoms with E-state index in [0.29, 0.717) is 47.9 Å². The molecule has 2 aliphatic heterocycles. The minimum absolute atomic E-state index is 0.0299. The van der Waals surface area contributed by atoms with Crippen LogP contribution in [0.2, 0.25) is 0 Å². The first kappa shape index (κ1) is 39.8. The van der Waals surface area contributed by atoms with Crippen LogP contribution in [0.15, 0.2) is 77.5 Å². The van der Waals surface area contributed by atoms with Gasteiger partial charge in [0.15, 0.2) is 11.4 Å². The van der Waals surface area contributed by atoms with Gasteiger partial charge in [-0.05, 0) is 118 Å². The topological polar surface area (TPSA) is 132 Å². The Labute approximate surface area is 340 Å². The number of carbonyl (C=O) groups excluding carboxylic acids is 2. The summed E-state index contributed by atoms with van der Waals surface area (Å²) in [6.07, 6.45) is 6.69. The monoisotopic (exact) mass is 804 g/mol. The molecule has 14 heteroatoms. The predicted molar refractivity (Wildman–Crippen MR) is 219 cm³/mol.